The van der Waals surface area contributed by atoms with E-state index < -0.39 is 17.4 Å². The molecule has 0 saturated carbocycles. The van der Waals surface area contributed by atoms with E-state index in [0.29, 0.717) is 43.2 Å². The summed E-state index contributed by atoms with van der Waals surface area (Å²) >= 11 is 0. The van der Waals surface area contributed by atoms with E-state index in [4.69, 9.17) is 16.2 Å². The summed E-state index contributed by atoms with van der Waals surface area (Å²) in [5.74, 6) is -0.644. The van der Waals surface area contributed by atoms with Gasteiger partial charge in [-0.15, -0.1) is 0 Å². The van der Waals surface area contributed by atoms with Gasteiger partial charge in [-0.25, -0.2) is 0 Å². The molecule has 3 rings (SSSR count). The lowest BCUT2D eigenvalue weighted by molar-refractivity contribution is -0.124. The molecular formula is C16H20N4O3. The molecule has 23 heavy (non-hydrogen) atoms. The van der Waals surface area contributed by atoms with Gasteiger partial charge in [-0.05, 0) is 36.8 Å². The van der Waals surface area contributed by atoms with Gasteiger partial charge in [-0.3, -0.25) is 19.6 Å². The molecule has 1 fully saturated rings. The molecule has 1 saturated heterocycles. The molecule has 0 aromatic carbocycles. The van der Waals surface area contributed by atoms with Crippen molar-refractivity contribution in [2.75, 3.05) is 13.2 Å². The molecule has 1 aromatic rings. The molecule has 0 aliphatic carbocycles. The smallest absolute Gasteiger partial charge is 0.250 e. The molecule has 2 aliphatic rings. The van der Waals surface area contributed by atoms with E-state index in [1.165, 1.54) is 6.20 Å². The molecule has 7 nitrogen and oxygen atoms in total. The van der Waals surface area contributed by atoms with Crippen LogP contribution in [-0.2, 0) is 16.0 Å². The predicted octanol–water partition coefficient (Wildman–Crippen LogP) is 0.196. The van der Waals surface area contributed by atoms with E-state index in [2.05, 4.69) is 9.98 Å². The Kier molecular flexibility index (Phi) is 4.12. The van der Waals surface area contributed by atoms with Crippen molar-refractivity contribution in [1.82, 2.24) is 4.98 Å². The van der Waals surface area contributed by atoms with Gasteiger partial charge in [-0.2, -0.15) is 0 Å². The first-order chi connectivity index (χ1) is 11.0. The summed E-state index contributed by atoms with van der Waals surface area (Å²) < 4.78 is 5.36. The molecule has 1 atom stereocenters. The van der Waals surface area contributed by atoms with Crippen molar-refractivity contribution >= 4 is 18.0 Å². The summed E-state index contributed by atoms with van der Waals surface area (Å²) in [7, 11) is 0. The van der Waals surface area contributed by atoms with Crippen molar-refractivity contribution in [3.8, 4) is 0 Å². The fourth-order valence-corrected chi connectivity index (χ4v) is 3.26. The molecule has 0 bridgehead atoms. The van der Waals surface area contributed by atoms with Crippen molar-refractivity contribution in [3.05, 3.63) is 29.1 Å². The Hall–Kier alpha value is -2.28. The molecular weight excluding hydrogens is 296 g/mol. The minimum Gasteiger partial charge on any atom is -0.381 e. The number of aromatic nitrogens is 1. The minimum absolute atomic E-state index is 0.323. The number of hydrogen-bond acceptors (Lipinski definition) is 5. The Labute approximate surface area is 134 Å². The quantitative estimate of drug-likeness (QED) is 0.824. The molecule has 4 N–H and O–H groups in total. The normalized spacial score (nSPS) is 24.2. The summed E-state index contributed by atoms with van der Waals surface area (Å²) in [5.41, 5.74) is 11.8. The zero-order valence-corrected chi connectivity index (χ0v) is 12.8. The van der Waals surface area contributed by atoms with Gasteiger partial charge in [0.05, 0.1) is 11.3 Å². The van der Waals surface area contributed by atoms with E-state index in [1.54, 1.807) is 12.3 Å². The number of aliphatic imine (C=N–C) groups is 1. The third-order valence-electron chi connectivity index (χ3n) is 4.63. The van der Waals surface area contributed by atoms with Crippen LogP contribution >= 0.6 is 0 Å². The third-order valence-corrected chi connectivity index (χ3v) is 4.63. The summed E-state index contributed by atoms with van der Waals surface area (Å²) in [6.45, 7) is 1.40. The van der Waals surface area contributed by atoms with Gasteiger partial charge >= 0.3 is 0 Å². The second-order valence-electron chi connectivity index (χ2n) is 6.22. The number of rotatable bonds is 4. The number of nitrogens with zero attached hydrogens (tertiary/aromatic N) is 2. The van der Waals surface area contributed by atoms with Crippen LogP contribution in [0.3, 0.4) is 0 Å². The van der Waals surface area contributed by atoms with Crippen LogP contribution in [0, 0.1) is 5.92 Å². The molecule has 7 heteroatoms. The zero-order valence-electron chi connectivity index (χ0n) is 12.8. The van der Waals surface area contributed by atoms with Crippen LogP contribution in [0.25, 0.3) is 0 Å². The zero-order chi connectivity index (χ0) is 16.4. The number of carbonyl (C=O) groups is 2. The highest BCUT2D eigenvalue weighted by Gasteiger charge is 2.41. The third kappa shape index (κ3) is 3.10. The first-order valence-corrected chi connectivity index (χ1v) is 7.72. The predicted molar refractivity (Wildman–Crippen MR) is 84.1 cm³/mol. The summed E-state index contributed by atoms with van der Waals surface area (Å²) in [6.07, 6.45) is 5.73. The molecule has 0 spiro atoms. The summed E-state index contributed by atoms with van der Waals surface area (Å²) in [5, 5.41) is 0. The Balaban J connectivity index is 1.89. The largest absolute Gasteiger partial charge is 0.381 e. The van der Waals surface area contributed by atoms with Gasteiger partial charge in [0, 0.05) is 32.0 Å². The number of primary amides is 2. The first kappa shape index (κ1) is 15.6. The highest BCUT2D eigenvalue weighted by atomic mass is 16.5. The van der Waals surface area contributed by atoms with Gasteiger partial charge in [0.1, 0.15) is 5.54 Å². The Bertz CT molecular complexity index is 667. The van der Waals surface area contributed by atoms with Gasteiger partial charge in [-0.1, -0.05) is 0 Å². The average Bonchev–Trinajstić information content (AvgIpc) is 2.55. The van der Waals surface area contributed by atoms with Gasteiger partial charge in [0.15, 0.2) is 0 Å². The van der Waals surface area contributed by atoms with Crippen LogP contribution in [0.4, 0.5) is 0 Å². The Morgan fingerprint density at radius 1 is 1.30 bits per heavy atom. The van der Waals surface area contributed by atoms with E-state index >= 15 is 0 Å². The number of fused-ring (bicyclic) bond motifs is 1. The maximum absolute atomic E-state index is 12.1. The number of ether oxygens (including phenoxy) is 1. The van der Waals surface area contributed by atoms with Crippen LogP contribution in [0.5, 0.6) is 0 Å². The van der Waals surface area contributed by atoms with E-state index in [0.717, 1.165) is 18.4 Å². The van der Waals surface area contributed by atoms with E-state index in [1.807, 2.05) is 0 Å². The molecule has 2 amide bonds. The average molecular weight is 316 g/mol. The number of nitrogens with two attached hydrogens (primary N) is 2. The van der Waals surface area contributed by atoms with Crippen molar-refractivity contribution in [2.45, 2.75) is 31.2 Å². The number of hydrogen-bond donors (Lipinski definition) is 2. The maximum atomic E-state index is 12.1. The SMILES string of the molecule is NC(=O)c1cnc2c(c1)CC(CC1CCOCC1)(C(N)=O)N=C2. The Morgan fingerprint density at radius 2 is 2.04 bits per heavy atom. The number of carbonyl (C=O) groups excluding carboxylic acids is 2. The molecule has 1 unspecified atom stereocenters. The fraction of sp³-hybridized carbons (Fsp3) is 0.500. The van der Waals surface area contributed by atoms with Gasteiger partial charge in [0.2, 0.25) is 11.8 Å². The molecule has 122 valence electrons. The highest BCUT2D eigenvalue weighted by molar-refractivity contribution is 5.95. The molecule has 0 radical (unpaired) electrons. The monoisotopic (exact) mass is 316 g/mol. The van der Waals surface area contributed by atoms with Crippen molar-refractivity contribution < 1.29 is 14.3 Å². The summed E-state index contributed by atoms with van der Waals surface area (Å²) in [6, 6.07) is 1.68. The number of pyridine rings is 1. The van der Waals surface area contributed by atoms with Crippen molar-refractivity contribution in [2.24, 2.45) is 22.4 Å². The molecule has 1 aromatic heterocycles. The minimum atomic E-state index is -0.979. The van der Waals surface area contributed by atoms with Crippen LogP contribution in [0.1, 0.15) is 40.9 Å². The fourth-order valence-electron chi connectivity index (χ4n) is 3.26. The van der Waals surface area contributed by atoms with Crippen LogP contribution in [0.15, 0.2) is 17.3 Å². The van der Waals surface area contributed by atoms with Crippen molar-refractivity contribution in [3.63, 3.8) is 0 Å². The Morgan fingerprint density at radius 3 is 2.70 bits per heavy atom. The standard InChI is InChI=1S/C16H20N4O3/c17-14(21)12-5-11-7-16(15(18)22,20-9-13(11)19-8-12)6-10-1-3-23-4-2-10/h5,8-10H,1-4,6-7H2,(H2,17,21)(H2,18,22). The molecule has 2 aliphatic heterocycles. The van der Waals surface area contributed by atoms with E-state index in [9.17, 15) is 9.59 Å². The van der Waals surface area contributed by atoms with Crippen LogP contribution in [-0.4, -0.2) is 41.8 Å². The molecule has 3 heterocycles. The highest BCUT2D eigenvalue weighted by Crippen LogP contribution is 2.33. The van der Waals surface area contributed by atoms with Crippen LogP contribution in [0.2, 0.25) is 0 Å². The second kappa shape index (κ2) is 6.08. The first-order valence-electron chi connectivity index (χ1n) is 7.72. The lowest BCUT2D eigenvalue weighted by Gasteiger charge is -2.34. The lowest BCUT2D eigenvalue weighted by Crippen LogP contribution is -2.48. The van der Waals surface area contributed by atoms with Crippen LogP contribution < -0.4 is 11.5 Å². The van der Waals surface area contributed by atoms with Gasteiger partial charge in [0.25, 0.3) is 0 Å². The number of amides is 2. The van der Waals surface area contributed by atoms with Gasteiger partial charge < -0.3 is 16.2 Å². The summed E-state index contributed by atoms with van der Waals surface area (Å²) in [4.78, 5) is 32.1. The topological polar surface area (TPSA) is 121 Å². The second-order valence-corrected chi connectivity index (χ2v) is 6.22. The lowest BCUT2D eigenvalue weighted by atomic mass is 9.78. The maximum Gasteiger partial charge on any atom is 0.250 e. The van der Waals surface area contributed by atoms with E-state index in [-0.39, 0.29) is 0 Å². The van der Waals surface area contributed by atoms with Crippen molar-refractivity contribution in [1.29, 1.82) is 0 Å².